The molecule has 1 N–H and O–H groups in total. The van der Waals surface area contributed by atoms with E-state index in [0.717, 1.165) is 21.8 Å². The van der Waals surface area contributed by atoms with Gasteiger partial charge in [0.15, 0.2) is 5.78 Å². The molecule has 4 heterocycles. The highest BCUT2D eigenvalue weighted by Crippen LogP contribution is 2.38. The maximum absolute atomic E-state index is 13.1. The summed E-state index contributed by atoms with van der Waals surface area (Å²) in [5.74, 6) is 0.0666. The van der Waals surface area contributed by atoms with Gasteiger partial charge in [0, 0.05) is 28.2 Å². The van der Waals surface area contributed by atoms with E-state index >= 15 is 0 Å². The van der Waals surface area contributed by atoms with Gasteiger partial charge in [-0.25, -0.2) is 9.97 Å². The van der Waals surface area contributed by atoms with Gasteiger partial charge in [-0.05, 0) is 45.9 Å². The zero-order valence-electron chi connectivity index (χ0n) is 15.5. The van der Waals surface area contributed by atoms with E-state index in [1.165, 1.54) is 16.0 Å². The van der Waals surface area contributed by atoms with Crippen LogP contribution < -0.4 is 5.32 Å². The molecule has 4 rings (SSSR count). The van der Waals surface area contributed by atoms with Crippen molar-refractivity contribution >= 4 is 28.8 Å². The number of rotatable bonds is 3. The number of fused-ring (bicyclic) bond motifs is 1. The summed E-state index contributed by atoms with van der Waals surface area (Å²) >= 11 is 1.45. The molecule has 0 bridgehead atoms. The second-order valence-electron chi connectivity index (χ2n) is 6.79. The summed E-state index contributed by atoms with van der Waals surface area (Å²) in [5, 5.41) is 7.40. The first-order valence-electron chi connectivity index (χ1n) is 8.66. The maximum Gasteiger partial charge on any atom is 0.252 e. The number of nitrogens with zero attached hydrogens (tertiary/aromatic N) is 4. The van der Waals surface area contributed by atoms with Crippen molar-refractivity contribution in [1.29, 1.82) is 0 Å². The SMILES string of the molecule is Cc1cc(C)nc(-n2nc(C)c3c2NC(=O)CC3C(=O)c2ccc(C)s2)n1. The molecule has 0 spiro atoms. The van der Waals surface area contributed by atoms with Crippen LogP contribution >= 0.6 is 11.3 Å². The van der Waals surface area contributed by atoms with Gasteiger partial charge in [-0.3, -0.25) is 9.59 Å². The molecule has 3 aromatic rings. The summed E-state index contributed by atoms with van der Waals surface area (Å²) < 4.78 is 1.53. The zero-order chi connectivity index (χ0) is 19.3. The van der Waals surface area contributed by atoms with Crippen LogP contribution in [0.5, 0.6) is 0 Å². The largest absolute Gasteiger partial charge is 0.310 e. The van der Waals surface area contributed by atoms with Gasteiger partial charge in [0.2, 0.25) is 5.91 Å². The van der Waals surface area contributed by atoms with Crippen molar-refractivity contribution in [1.82, 2.24) is 19.7 Å². The Morgan fingerprint density at radius 3 is 2.52 bits per heavy atom. The molecule has 1 atom stereocenters. The van der Waals surface area contributed by atoms with Gasteiger partial charge < -0.3 is 5.32 Å². The van der Waals surface area contributed by atoms with Crippen LogP contribution in [0.1, 0.15) is 49.5 Å². The summed E-state index contributed by atoms with van der Waals surface area (Å²) in [7, 11) is 0. The molecule has 0 saturated carbocycles. The van der Waals surface area contributed by atoms with Crippen LogP contribution in [-0.2, 0) is 4.79 Å². The molecule has 0 radical (unpaired) electrons. The van der Waals surface area contributed by atoms with Gasteiger partial charge in [-0.1, -0.05) is 0 Å². The van der Waals surface area contributed by atoms with Crippen LogP contribution in [0.2, 0.25) is 0 Å². The normalized spacial score (nSPS) is 16.1. The van der Waals surface area contributed by atoms with E-state index in [1.54, 1.807) is 0 Å². The Balaban J connectivity index is 1.84. The van der Waals surface area contributed by atoms with E-state index in [0.29, 0.717) is 22.3 Å². The Labute approximate surface area is 160 Å². The molecule has 0 aromatic carbocycles. The number of hydrogen-bond acceptors (Lipinski definition) is 6. The number of nitrogens with one attached hydrogen (secondary N) is 1. The highest BCUT2D eigenvalue weighted by Gasteiger charge is 2.37. The molecule has 3 aromatic heterocycles. The third-order valence-corrected chi connectivity index (χ3v) is 5.58. The number of thiophene rings is 1. The smallest absolute Gasteiger partial charge is 0.252 e. The molecule has 0 saturated heterocycles. The third kappa shape index (κ3) is 3.06. The van der Waals surface area contributed by atoms with Gasteiger partial charge >= 0.3 is 0 Å². The number of amides is 1. The fraction of sp³-hybridized carbons (Fsp3) is 0.316. The van der Waals surface area contributed by atoms with Gasteiger partial charge in [-0.15, -0.1) is 11.3 Å². The lowest BCUT2D eigenvalue weighted by molar-refractivity contribution is -0.116. The Bertz CT molecular complexity index is 1060. The lowest BCUT2D eigenvalue weighted by Gasteiger charge is -2.22. The molecule has 27 heavy (non-hydrogen) atoms. The van der Waals surface area contributed by atoms with Crippen molar-refractivity contribution in [2.75, 3.05) is 5.32 Å². The second-order valence-corrected chi connectivity index (χ2v) is 8.08. The van der Waals surface area contributed by atoms with Crippen molar-refractivity contribution in [3.05, 3.63) is 50.6 Å². The number of carbonyl (C=O) groups is 2. The highest BCUT2D eigenvalue weighted by molar-refractivity contribution is 7.14. The molecular weight excluding hydrogens is 362 g/mol. The number of hydrogen-bond donors (Lipinski definition) is 1. The van der Waals surface area contributed by atoms with E-state index in [4.69, 9.17) is 0 Å². The standard InChI is InChI=1S/C19H19N5O2S/c1-9-7-10(2)21-19(20-9)24-18-16(12(4)23-24)13(8-15(25)22-18)17(26)14-6-5-11(3)27-14/h5-7,13H,8H2,1-4H3,(H,22,25). The summed E-state index contributed by atoms with van der Waals surface area (Å²) in [6, 6.07) is 5.61. The van der Waals surface area contributed by atoms with Crippen LogP contribution in [0.25, 0.3) is 5.95 Å². The Hall–Kier alpha value is -2.87. The van der Waals surface area contributed by atoms with Crippen molar-refractivity contribution in [3.8, 4) is 5.95 Å². The van der Waals surface area contributed by atoms with Gasteiger partial charge in [0.1, 0.15) is 5.82 Å². The average molecular weight is 381 g/mol. The van der Waals surface area contributed by atoms with Gasteiger partial charge in [0.25, 0.3) is 5.95 Å². The predicted octanol–water partition coefficient (Wildman–Crippen LogP) is 3.27. The number of Topliss-reactive ketones (excluding diaryl/α,β-unsaturated/α-hetero) is 1. The Morgan fingerprint density at radius 1 is 1.19 bits per heavy atom. The Morgan fingerprint density at radius 2 is 1.89 bits per heavy atom. The fourth-order valence-electron chi connectivity index (χ4n) is 3.46. The molecule has 1 unspecified atom stereocenters. The number of ketones is 1. The first-order valence-corrected chi connectivity index (χ1v) is 9.48. The zero-order valence-corrected chi connectivity index (χ0v) is 16.3. The van der Waals surface area contributed by atoms with Crippen molar-refractivity contribution in [2.45, 2.75) is 40.0 Å². The van der Waals surface area contributed by atoms with Crippen molar-refractivity contribution in [2.24, 2.45) is 0 Å². The summed E-state index contributed by atoms with van der Waals surface area (Å²) in [6.07, 6.45) is 0.114. The maximum atomic E-state index is 13.1. The van der Waals surface area contributed by atoms with E-state index in [9.17, 15) is 9.59 Å². The van der Waals surface area contributed by atoms with Crippen LogP contribution in [0, 0.1) is 27.7 Å². The molecule has 0 fully saturated rings. The number of carbonyl (C=O) groups excluding carboxylic acids is 2. The van der Waals surface area contributed by atoms with Gasteiger partial charge in [-0.2, -0.15) is 9.78 Å². The molecule has 0 aliphatic carbocycles. The minimum absolute atomic E-state index is 0.0480. The number of aryl methyl sites for hydroxylation is 4. The van der Waals surface area contributed by atoms with Crippen LogP contribution in [0.15, 0.2) is 18.2 Å². The molecule has 1 amide bonds. The van der Waals surface area contributed by atoms with Crippen molar-refractivity contribution < 1.29 is 9.59 Å². The lowest BCUT2D eigenvalue weighted by Crippen LogP contribution is -2.28. The number of aromatic nitrogens is 4. The minimum atomic E-state index is -0.550. The summed E-state index contributed by atoms with van der Waals surface area (Å²) in [5.41, 5.74) is 3.05. The topological polar surface area (TPSA) is 89.8 Å². The molecule has 1 aliphatic rings. The summed E-state index contributed by atoms with van der Waals surface area (Å²) in [6.45, 7) is 7.56. The molecular formula is C19H19N5O2S. The van der Waals surface area contributed by atoms with Crippen LogP contribution in [0.3, 0.4) is 0 Å². The van der Waals surface area contributed by atoms with Crippen molar-refractivity contribution in [3.63, 3.8) is 0 Å². The fourth-order valence-corrected chi connectivity index (χ4v) is 4.32. The van der Waals surface area contributed by atoms with Gasteiger partial charge in [0.05, 0.1) is 16.5 Å². The lowest BCUT2D eigenvalue weighted by atomic mass is 9.88. The number of anilines is 1. The minimum Gasteiger partial charge on any atom is -0.310 e. The van der Waals surface area contributed by atoms with E-state index < -0.39 is 5.92 Å². The Kier molecular flexibility index (Phi) is 4.15. The first kappa shape index (κ1) is 17.5. The quantitative estimate of drug-likeness (QED) is 0.703. The summed E-state index contributed by atoms with van der Waals surface area (Å²) in [4.78, 5) is 36.1. The molecule has 1 aliphatic heterocycles. The second kappa shape index (κ2) is 6.38. The first-order chi connectivity index (χ1) is 12.8. The third-order valence-electron chi connectivity index (χ3n) is 4.56. The predicted molar refractivity (Wildman–Crippen MR) is 103 cm³/mol. The monoisotopic (exact) mass is 381 g/mol. The van der Waals surface area contributed by atoms with E-state index in [-0.39, 0.29) is 18.1 Å². The average Bonchev–Trinajstić information content (AvgIpc) is 3.16. The van der Waals surface area contributed by atoms with E-state index in [2.05, 4.69) is 20.4 Å². The molecule has 8 heteroatoms. The molecule has 138 valence electrons. The molecule has 7 nitrogen and oxygen atoms in total. The van der Waals surface area contributed by atoms with Crippen LogP contribution in [-0.4, -0.2) is 31.4 Å². The van der Waals surface area contributed by atoms with E-state index in [1.807, 2.05) is 45.9 Å². The highest BCUT2D eigenvalue weighted by atomic mass is 32.1. The van der Waals surface area contributed by atoms with Crippen LogP contribution in [0.4, 0.5) is 5.82 Å².